The van der Waals surface area contributed by atoms with Gasteiger partial charge < -0.3 is 18.9 Å². The van der Waals surface area contributed by atoms with Crippen LogP contribution >= 0.6 is 0 Å². The third-order valence-corrected chi connectivity index (χ3v) is 5.90. The minimum absolute atomic E-state index is 0.0346. The second kappa shape index (κ2) is 9.10. The minimum atomic E-state index is -2.66. The molecular weight excluding hydrogens is 420 g/mol. The maximum atomic E-state index is 13.7. The molecule has 1 amide bonds. The number of carbonyl (C=O) groups excluding carboxylic acids is 1. The standard InChI is InChI=1S/C23H25F2N3O4/c1-13-21-16(22(24)25)11-17(26-23(21)32-27-13)15-5-4-8-28(12-15)20(29)10-14-6-7-18(30-2)19(9-14)31-3/h6-7,9,11,15,22H,4-5,8,10,12H2,1-3H3/t15-/m0/s1. The Hall–Kier alpha value is -3.23. The number of nitrogens with zero attached hydrogens (tertiary/aromatic N) is 3. The van der Waals surface area contributed by atoms with Gasteiger partial charge in [0.15, 0.2) is 11.5 Å². The first-order chi connectivity index (χ1) is 15.4. The summed E-state index contributed by atoms with van der Waals surface area (Å²) >= 11 is 0. The van der Waals surface area contributed by atoms with Gasteiger partial charge in [0.2, 0.25) is 5.91 Å². The fourth-order valence-electron chi connectivity index (χ4n) is 4.25. The molecule has 32 heavy (non-hydrogen) atoms. The largest absolute Gasteiger partial charge is 0.493 e. The zero-order valence-electron chi connectivity index (χ0n) is 18.2. The number of rotatable bonds is 6. The molecule has 3 heterocycles. The number of pyridine rings is 1. The van der Waals surface area contributed by atoms with E-state index in [2.05, 4.69) is 10.1 Å². The molecule has 170 valence electrons. The highest BCUT2D eigenvalue weighted by Gasteiger charge is 2.28. The molecule has 1 aliphatic heterocycles. The van der Waals surface area contributed by atoms with Crippen LogP contribution in [0.5, 0.6) is 11.5 Å². The van der Waals surface area contributed by atoms with Gasteiger partial charge in [-0.1, -0.05) is 11.2 Å². The number of ether oxygens (including phenoxy) is 2. The molecule has 1 aliphatic rings. The maximum absolute atomic E-state index is 13.7. The smallest absolute Gasteiger partial charge is 0.264 e. The molecule has 3 aromatic rings. The topological polar surface area (TPSA) is 77.7 Å². The van der Waals surface area contributed by atoms with E-state index in [1.54, 1.807) is 38.2 Å². The number of halogens is 2. The van der Waals surface area contributed by atoms with Gasteiger partial charge in [-0.2, -0.15) is 0 Å². The van der Waals surface area contributed by atoms with Crippen molar-refractivity contribution in [2.24, 2.45) is 0 Å². The summed E-state index contributed by atoms with van der Waals surface area (Å²) in [6.07, 6.45) is -0.928. The Morgan fingerprint density at radius 1 is 1.25 bits per heavy atom. The van der Waals surface area contributed by atoms with Gasteiger partial charge in [-0.3, -0.25) is 4.79 Å². The van der Waals surface area contributed by atoms with Crippen LogP contribution in [-0.4, -0.2) is 48.3 Å². The second-order valence-electron chi connectivity index (χ2n) is 7.93. The van der Waals surface area contributed by atoms with Gasteiger partial charge in [-0.15, -0.1) is 0 Å². The molecule has 0 N–H and O–H groups in total. The van der Waals surface area contributed by atoms with Crippen molar-refractivity contribution in [1.29, 1.82) is 0 Å². The highest BCUT2D eigenvalue weighted by atomic mass is 19.3. The maximum Gasteiger partial charge on any atom is 0.264 e. The van der Waals surface area contributed by atoms with E-state index in [0.29, 0.717) is 36.0 Å². The summed E-state index contributed by atoms with van der Waals surface area (Å²) in [7, 11) is 3.10. The van der Waals surface area contributed by atoms with Crippen molar-refractivity contribution >= 4 is 17.0 Å². The van der Waals surface area contributed by atoms with Crippen LogP contribution < -0.4 is 9.47 Å². The van der Waals surface area contributed by atoms with E-state index in [1.807, 2.05) is 6.07 Å². The SMILES string of the molecule is COc1ccc(CC(=O)N2CCC[C@H](c3cc(C(F)F)c4c(C)noc4n3)C2)cc1OC. The third-order valence-electron chi connectivity index (χ3n) is 5.90. The first kappa shape index (κ1) is 22.0. The van der Waals surface area contributed by atoms with Gasteiger partial charge in [0.05, 0.1) is 31.7 Å². The lowest BCUT2D eigenvalue weighted by molar-refractivity contribution is -0.131. The zero-order valence-corrected chi connectivity index (χ0v) is 18.2. The summed E-state index contributed by atoms with van der Waals surface area (Å²) in [5.41, 5.74) is 1.70. The van der Waals surface area contributed by atoms with E-state index in [0.717, 1.165) is 18.4 Å². The van der Waals surface area contributed by atoms with Crippen LogP contribution in [-0.2, 0) is 11.2 Å². The molecule has 2 aromatic heterocycles. The number of alkyl halides is 2. The van der Waals surface area contributed by atoms with E-state index in [1.165, 1.54) is 6.07 Å². The molecule has 0 bridgehead atoms. The van der Waals surface area contributed by atoms with E-state index in [9.17, 15) is 13.6 Å². The van der Waals surface area contributed by atoms with Crippen molar-refractivity contribution in [2.45, 2.75) is 38.5 Å². The predicted molar refractivity (Wildman–Crippen MR) is 113 cm³/mol. The lowest BCUT2D eigenvalue weighted by Gasteiger charge is -2.32. The Labute approximate surface area is 184 Å². The minimum Gasteiger partial charge on any atom is -0.493 e. The van der Waals surface area contributed by atoms with E-state index < -0.39 is 6.43 Å². The number of hydrogen-bond donors (Lipinski definition) is 0. The number of methoxy groups -OCH3 is 2. The molecule has 0 aliphatic carbocycles. The Kier molecular flexibility index (Phi) is 6.25. The van der Waals surface area contributed by atoms with Crippen LogP contribution in [0, 0.1) is 6.92 Å². The molecule has 0 unspecified atom stereocenters. The average Bonchev–Trinajstić information content (AvgIpc) is 3.19. The monoisotopic (exact) mass is 445 g/mol. The second-order valence-corrected chi connectivity index (χ2v) is 7.93. The third kappa shape index (κ3) is 4.24. The number of fused-ring (bicyclic) bond motifs is 1. The van der Waals surface area contributed by atoms with Crippen LogP contribution in [0.3, 0.4) is 0 Å². The molecule has 4 rings (SSSR count). The van der Waals surface area contributed by atoms with Crippen molar-refractivity contribution in [2.75, 3.05) is 27.3 Å². The first-order valence-corrected chi connectivity index (χ1v) is 10.4. The van der Waals surface area contributed by atoms with Crippen LogP contribution in [0.4, 0.5) is 8.78 Å². The molecule has 0 radical (unpaired) electrons. The summed E-state index contributed by atoms with van der Waals surface area (Å²) in [6.45, 7) is 2.66. The molecule has 0 saturated carbocycles. The van der Waals surface area contributed by atoms with E-state index in [-0.39, 0.29) is 34.9 Å². The molecule has 1 saturated heterocycles. The average molecular weight is 445 g/mol. The quantitative estimate of drug-likeness (QED) is 0.559. The summed E-state index contributed by atoms with van der Waals surface area (Å²) in [4.78, 5) is 19.2. The number of aryl methyl sites for hydroxylation is 1. The Balaban J connectivity index is 1.53. The highest BCUT2D eigenvalue weighted by molar-refractivity contribution is 5.81. The molecule has 1 aromatic carbocycles. The fourth-order valence-corrected chi connectivity index (χ4v) is 4.25. The van der Waals surface area contributed by atoms with E-state index in [4.69, 9.17) is 14.0 Å². The van der Waals surface area contributed by atoms with Gasteiger partial charge in [0.25, 0.3) is 12.1 Å². The molecule has 7 nitrogen and oxygen atoms in total. The number of carbonyl (C=O) groups is 1. The fraction of sp³-hybridized carbons (Fsp3) is 0.435. The lowest BCUT2D eigenvalue weighted by atomic mass is 9.92. The van der Waals surface area contributed by atoms with Gasteiger partial charge in [0.1, 0.15) is 0 Å². The Morgan fingerprint density at radius 2 is 2.03 bits per heavy atom. The van der Waals surface area contributed by atoms with Crippen LogP contribution in [0.1, 0.15) is 47.7 Å². The van der Waals surface area contributed by atoms with Crippen molar-refractivity contribution in [3.05, 3.63) is 46.8 Å². The van der Waals surface area contributed by atoms with Gasteiger partial charge in [-0.25, -0.2) is 13.8 Å². The number of hydrogen-bond acceptors (Lipinski definition) is 6. The highest BCUT2D eigenvalue weighted by Crippen LogP contribution is 2.34. The summed E-state index contributed by atoms with van der Waals surface area (Å²) in [5, 5.41) is 4.05. The predicted octanol–water partition coefficient (Wildman–Crippen LogP) is 4.43. The van der Waals surface area contributed by atoms with Crippen LogP contribution in [0.2, 0.25) is 0 Å². The number of benzene rings is 1. The lowest BCUT2D eigenvalue weighted by Crippen LogP contribution is -2.40. The number of aromatic nitrogens is 2. The van der Waals surface area contributed by atoms with Gasteiger partial charge in [-0.05, 0) is 43.5 Å². The molecule has 0 spiro atoms. The summed E-state index contributed by atoms with van der Waals surface area (Å²) in [6, 6.07) is 6.82. The van der Waals surface area contributed by atoms with Crippen molar-refractivity contribution in [3.8, 4) is 11.5 Å². The molecule has 9 heteroatoms. The Bertz CT molecular complexity index is 1130. The van der Waals surface area contributed by atoms with Crippen LogP contribution in [0.15, 0.2) is 28.8 Å². The van der Waals surface area contributed by atoms with Crippen molar-refractivity contribution in [3.63, 3.8) is 0 Å². The Morgan fingerprint density at radius 3 is 2.75 bits per heavy atom. The molecule has 1 fully saturated rings. The number of amides is 1. The van der Waals surface area contributed by atoms with Crippen molar-refractivity contribution < 1.29 is 27.6 Å². The normalized spacial score (nSPS) is 16.6. The van der Waals surface area contributed by atoms with Crippen molar-refractivity contribution in [1.82, 2.24) is 15.0 Å². The molecular formula is C23H25F2N3O4. The van der Waals surface area contributed by atoms with E-state index >= 15 is 0 Å². The number of piperidine rings is 1. The summed E-state index contributed by atoms with van der Waals surface area (Å²) < 4.78 is 43.1. The van der Waals surface area contributed by atoms with Gasteiger partial charge in [0, 0.05) is 30.3 Å². The first-order valence-electron chi connectivity index (χ1n) is 10.4. The van der Waals surface area contributed by atoms with Crippen LogP contribution in [0.25, 0.3) is 11.1 Å². The molecule has 1 atom stereocenters. The summed E-state index contributed by atoms with van der Waals surface area (Å²) in [5.74, 6) is 0.979. The zero-order chi connectivity index (χ0) is 22.8. The number of likely N-dealkylation sites (tertiary alicyclic amines) is 1. The van der Waals surface area contributed by atoms with Gasteiger partial charge >= 0.3 is 0 Å².